The number of hydrogen-bond acceptors (Lipinski definition) is 5. The van der Waals surface area contributed by atoms with Crippen LogP contribution in [0.4, 0.5) is 5.69 Å². The SMILES string of the molecule is CCCCOC(=O)CCCC(=O)Nc1ccc(OC)cc1OC. The normalized spacial score (nSPS) is 10.0. The number of hydrogen-bond donors (Lipinski definition) is 1. The second-order valence-corrected chi connectivity index (χ2v) is 5.04. The summed E-state index contributed by atoms with van der Waals surface area (Å²) in [6, 6.07) is 5.15. The van der Waals surface area contributed by atoms with Gasteiger partial charge in [0.05, 0.1) is 26.5 Å². The minimum absolute atomic E-state index is 0.171. The maximum Gasteiger partial charge on any atom is 0.305 e. The molecule has 1 N–H and O–H groups in total. The van der Waals surface area contributed by atoms with Gasteiger partial charge in [-0.15, -0.1) is 0 Å². The molecular weight excluding hydrogens is 298 g/mol. The Balaban J connectivity index is 2.38. The monoisotopic (exact) mass is 323 g/mol. The van der Waals surface area contributed by atoms with Gasteiger partial charge in [-0.2, -0.15) is 0 Å². The first kappa shape index (κ1) is 18.8. The second-order valence-electron chi connectivity index (χ2n) is 5.04. The first-order chi connectivity index (χ1) is 11.1. The molecule has 0 saturated heterocycles. The summed E-state index contributed by atoms with van der Waals surface area (Å²) >= 11 is 0. The molecule has 0 aromatic heterocycles. The van der Waals surface area contributed by atoms with E-state index in [1.54, 1.807) is 25.3 Å². The smallest absolute Gasteiger partial charge is 0.305 e. The molecular formula is C17H25NO5. The lowest BCUT2D eigenvalue weighted by Gasteiger charge is -2.11. The summed E-state index contributed by atoms with van der Waals surface area (Å²) in [7, 11) is 3.09. The zero-order chi connectivity index (χ0) is 17.1. The predicted molar refractivity (Wildman–Crippen MR) is 87.9 cm³/mol. The van der Waals surface area contributed by atoms with Gasteiger partial charge in [0.15, 0.2) is 0 Å². The van der Waals surface area contributed by atoms with Crippen LogP contribution in [0.2, 0.25) is 0 Å². The lowest BCUT2D eigenvalue weighted by atomic mass is 10.2. The van der Waals surface area contributed by atoms with Gasteiger partial charge in [0.25, 0.3) is 0 Å². The Kier molecular flexibility index (Phi) is 8.57. The third kappa shape index (κ3) is 7.04. The number of esters is 1. The molecule has 0 heterocycles. The van der Waals surface area contributed by atoms with Crippen LogP contribution in [0.1, 0.15) is 39.0 Å². The summed E-state index contributed by atoms with van der Waals surface area (Å²) in [5.41, 5.74) is 0.573. The van der Waals surface area contributed by atoms with Gasteiger partial charge in [-0.25, -0.2) is 0 Å². The Hall–Kier alpha value is -2.24. The Morgan fingerprint density at radius 2 is 1.87 bits per heavy atom. The summed E-state index contributed by atoms with van der Waals surface area (Å²) in [4.78, 5) is 23.4. The number of carbonyl (C=O) groups is 2. The van der Waals surface area contributed by atoms with Crippen LogP contribution in [0.3, 0.4) is 0 Å². The number of benzene rings is 1. The van der Waals surface area contributed by atoms with Gasteiger partial charge in [-0.1, -0.05) is 13.3 Å². The molecule has 1 rings (SSSR count). The molecule has 1 aromatic carbocycles. The third-order valence-corrected chi connectivity index (χ3v) is 3.23. The molecule has 6 heteroatoms. The van der Waals surface area contributed by atoms with Gasteiger partial charge in [-0.05, 0) is 25.0 Å². The van der Waals surface area contributed by atoms with E-state index in [0.717, 1.165) is 12.8 Å². The van der Waals surface area contributed by atoms with Crippen molar-refractivity contribution in [1.82, 2.24) is 0 Å². The molecule has 0 bridgehead atoms. The highest BCUT2D eigenvalue weighted by Crippen LogP contribution is 2.29. The quantitative estimate of drug-likeness (QED) is 0.529. The number of carbonyl (C=O) groups excluding carboxylic acids is 2. The number of amides is 1. The molecule has 0 aliphatic rings. The minimum Gasteiger partial charge on any atom is -0.497 e. The van der Waals surface area contributed by atoms with Crippen molar-refractivity contribution in [3.63, 3.8) is 0 Å². The standard InChI is InChI=1S/C17H25NO5/c1-4-5-11-23-17(20)8-6-7-16(19)18-14-10-9-13(21-2)12-15(14)22-3/h9-10,12H,4-8,11H2,1-3H3,(H,18,19). The topological polar surface area (TPSA) is 73.9 Å². The van der Waals surface area contributed by atoms with E-state index in [1.807, 2.05) is 6.92 Å². The molecule has 0 atom stereocenters. The van der Waals surface area contributed by atoms with E-state index >= 15 is 0 Å². The van der Waals surface area contributed by atoms with E-state index in [2.05, 4.69) is 5.32 Å². The van der Waals surface area contributed by atoms with Crippen LogP contribution in [-0.4, -0.2) is 32.7 Å². The van der Waals surface area contributed by atoms with Crippen LogP contribution < -0.4 is 14.8 Å². The van der Waals surface area contributed by atoms with Gasteiger partial charge in [-0.3, -0.25) is 9.59 Å². The van der Waals surface area contributed by atoms with E-state index in [-0.39, 0.29) is 24.7 Å². The number of methoxy groups -OCH3 is 2. The molecule has 0 aliphatic heterocycles. The highest BCUT2D eigenvalue weighted by molar-refractivity contribution is 5.92. The number of rotatable bonds is 10. The molecule has 6 nitrogen and oxygen atoms in total. The zero-order valence-electron chi connectivity index (χ0n) is 14.0. The van der Waals surface area contributed by atoms with Gasteiger partial charge in [0, 0.05) is 18.9 Å². The van der Waals surface area contributed by atoms with E-state index in [4.69, 9.17) is 14.2 Å². The van der Waals surface area contributed by atoms with Crippen molar-refractivity contribution in [2.45, 2.75) is 39.0 Å². The van der Waals surface area contributed by atoms with E-state index < -0.39 is 0 Å². The molecule has 0 fully saturated rings. The van der Waals surface area contributed by atoms with Crippen LogP contribution in [-0.2, 0) is 14.3 Å². The summed E-state index contributed by atoms with van der Waals surface area (Å²) in [5.74, 6) is 0.745. The Labute approximate surface area is 137 Å². The number of anilines is 1. The first-order valence-electron chi connectivity index (χ1n) is 7.78. The van der Waals surface area contributed by atoms with Crippen molar-refractivity contribution >= 4 is 17.6 Å². The summed E-state index contributed by atoms with van der Waals surface area (Å²) in [5, 5.41) is 2.77. The van der Waals surface area contributed by atoms with Crippen molar-refractivity contribution in [1.29, 1.82) is 0 Å². The lowest BCUT2D eigenvalue weighted by Crippen LogP contribution is -2.13. The average molecular weight is 323 g/mol. The number of nitrogens with one attached hydrogen (secondary N) is 1. The van der Waals surface area contributed by atoms with Crippen LogP contribution >= 0.6 is 0 Å². The van der Waals surface area contributed by atoms with Crippen LogP contribution in [0.15, 0.2) is 18.2 Å². The third-order valence-electron chi connectivity index (χ3n) is 3.23. The Bertz CT molecular complexity index is 516. The van der Waals surface area contributed by atoms with Crippen molar-refractivity contribution in [3.05, 3.63) is 18.2 Å². The maximum absolute atomic E-state index is 11.9. The highest BCUT2D eigenvalue weighted by Gasteiger charge is 2.10. The summed E-state index contributed by atoms with van der Waals surface area (Å²) in [6.07, 6.45) is 2.80. The van der Waals surface area contributed by atoms with Crippen molar-refractivity contribution in [3.8, 4) is 11.5 Å². The minimum atomic E-state index is -0.256. The van der Waals surface area contributed by atoms with E-state index in [1.165, 1.54) is 7.11 Å². The molecule has 0 radical (unpaired) electrons. The summed E-state index contributed by atoms with van der Waals surface area (Å²) in [6.45, 7) is 2.48. The van der Waals surface area contributed by atoms with Crippen LogP contribution in [0.5, 0.6) is 11.5 Å². The zero-order valence-corrected chi connectivity index (χ0v) is 14.0. The molecule has 0 unspecified atom stereocenters. The van der Waals surface area contributed by atoms with Gasteiger partial charge in [0.1, 0.15) is 11.5 Å². The Morgan fingerprint density at radius 3 is 2.52 bits per heavy atom. The van der Waals surface area contributed by atoms with Gasteiger partial charge >= 0.3 is 5.97 Å². The predicted octanol–water partition coefficient (Wildman–Crippen LogP) is 3.16. The largest absolute Gasteiger partial charge is 0.497 e. The molecule has 0 aliphatic carbocycles. The second kappa shape index (κ2) is 10.5. The average Bonchev–Trinajstić information content (AvgIpc) is 2.55. The molecule has 0 spiro atoms. The Morgan fingerprint density at radius 1 is 1.09 bits per heavy atom. The number of unbranched alkanes of at least 4 members (excludes halogenated alkanes) is 1. The molecule has 1 amide bonds. The molecule has 23 heavy (non-hydrogen) atoms. The highest BCUT2D eigenvalue weighted by atomic mass is 16.5. The van der Waals surface area contributed by atoms with Gasteiger partial charge in [0.2, 0.25) is 5.91 Å². The van der Waals surface area contributed by atoms with E-state index in [9.17, 15) is 9.59 Å². The van der Waals surface area contributed by atoms with Crippen molar-refractivity contribution in [2.75, 3.05) is 26.1 Å². The summed E-state index contributed by atoms with van der Waals surface area (Å²) < 4.78 is 15.4. The lowest BCUT2D eigenvalue weighted by molar-refractivity contribution is -0.143. The molecule has 128 valence electrons. The first-order valence-corrected chi connectivity index (χ1v) is 7.78. The van der Waals surface area contributed by atoms with Crippen molar-refractivity contribution in [2.24, 2.45) is 0 Å². The van der Waals surface area contributed by atoms with Crippen LogP contribution in [0, 0.1) is 0 Å². The fourth-order valence-electron chi connectivity index (χ4n) is 1.91. The molecule has 1 aromatic rings. The molecule has 0 saturated carbocycles. The number of ether oxygens (including phenoxy) is 3. The maximum atomic E-state index is 11.9. The fourth-order valence-corrected chi connectivity index (χ4v) is 1.91. The van der Waals surface area contributed by atoms with Crippen molar-refractivity contribution < 1.29 is 23.8 Å². The fraction of sp³-hybridized carbons (Fsp3) is 0.529. The van der Waals surface area contributed by atoms with Crippen LogP contribution in [0.25, 0.3) is 0 Å². The van der Waals surface area contributed by atoms with E-state index in [0.29, 0.717) is 30.2 Å². The van der Waals surface area contributed by atoms with Gasteiger partial charge < -0.3 is 19.5 Å².